The van der Waals surface area contributed by atoms with E-state index in [4.69, 9.17) is 0 Å². The molecule has 120 valence electrons. The molecule has 1 aliphatic rings. The van der Waals surface area contributed by atoms with Gasteiger partial charge in [0.15, 0.2) is 9.84 Å². The van der Waals surface area contributed by atoms with Gasteiger partial charge in [-0.2, -0.15) is 0 Å². The summed E-state index contributed by atoms with van der Waals surface area (Å²) < 4.78 is 25.3. The molecule has 0 heterocycles. The summed E-state index contributed by atoms with van der Waals surface area (Å²) >= 11 is 0. The predicted molar refractivity (Wildman–Crippen MR) is 86.9 cm³/mol. The van der Waals surface area contributed by atoms with E-state index >= 15 is 0 Å². The van der Waals surface area contributed by atoms with Crippen molar-refractivity contribution in [1.29, 1.82) is 0 Å². The standard InChI is InChI=1S/C16H33NO2S/c1-3-5-10-14-20(18,19)16-12-9-7-6-8-11-15(16)17-13-4-2/h15-17H,3-14H2,1-2H3. The summed E-state index contributed by atoms with van der Waals surface area (Å²) in [5.74, 6) is 0.385. The normalized spacial score (nSPS) is 25.1. The Kier molecular flexibility index (Phi) is 8.78. The molecule has 0 amide bonds. The third-order valence-corrected chi connectivity index (χ3v) is 6.70. The maximum Gasteiger partial charge on any atom is 0.154 e. The van der Waals surface area contributed by atoms with Crippen LogP contribution in [0.2, 0.25) is 0 Å². The lowest BCUT2D eigenvalue weighted by molar-refractivity contribution is 0.387. The molecule has 1 saturated carbocycles. The second-order valence-corrected chi connectivity index (χ2v) is 8.50. The molecule has 2 atom stereocenters. The van der Waals surface area contributed by atoms with E-state index in [2.05, 4.69) is 19.2 Å². The molecule has 0 aromatic carbocycles. The Labute approximate surface area is 125 Å². The van der Waals surface area contributed by atoms with Gasteiger partial charge in [0, 0.05) is 6.04 Å². The van der Waals surface area contributed by atoms with Crippen LogP contribution in [-0.4, -0.2) is 32.0 Å². The van der Waals surface area contributed by atoms with E-state index in [1.165, 1.54) is 19.3 Å². The van der Waals surface area contributed by atoms with E-state index in [0.29, 0.717) is 5.75 Å². The number of sulfone groups is 1. The first kappa shape index (κ1) is 18.0. The molecule has 4 heteroatoms. The van der Waals surface area contributed by atoms with Crippen LogP contribution in [0.25, 0.3) is 0 Å². The summed E-state index contributed by atoms with van der Waals surface area (Å²) in [6.45, 7) is 5.19. The van der Waals surface area contributed by atoms with E-state index in [0.717, 1.165) is 51.5 Å². The second-order valence-electron chi connectivity index (χ2n) is 6.16. The van der Waals surface area contributed by atoms with Gasteiger partial charge in [0.25, 0.3) is 0 Å². The Hall–Kier alpha value is -0.0900. The van der Waals surface area contributed by atoms with Crippen LogP contribution in [0.15, 0.2) is 0 Å². The van der Waals surface area contributed by atoms with Gasteiger partial charge in [-0.25, -0.2) is 8.42 Å². The highest BCUT2D eigenvalue weighted by molar-refractivity contribution is 7.92. The topological polar surface area (TPSA) is 46.2 Å². The van der Waals surface area contributed by atoms with Crippen molar-refractivity contribution < 1.29 is 8.42 Å². The van der Waals surface area contributed by atoms with Gasteiger partial charge in [0.05, 0.1) is 11.0 Å². The molecule has 20 heavy (non-hydrogen) atoms. The van der Waals surface area contributed by atoms with Crippen LogP contribution in [-0.2, 0) is 9.84 Å². The molecule has 0 spiro atoms. The third kappa shape index (κ3) is 6.13. The fraction of sp³-hybridized carbons (Fsp3) is 1.00. The van der Waals surface area contributed by atoms with E-state index in [1.54, 1.807) is 0 Å². The lowest BCUT2D eigenvalue weighted by Gasteiger charge is -2.30. The molecular formula is C16H33NO2S. The van der Waals surface area contributed by atoms with Crippen molar-refractivity contribution in [2.75, 3.05) is 12.3 Å². The van der Waals surface area contributed by atoms with Crippen LogP contribution in [0.3, 0.4) is 0 Å². The van der Waals surface area contributed by atoms with Gasteiger partial charge < -0.3 is 5.32 Å². The lowest BCUT2D eigenvalue weighted by Crippen LogP contribution is -2.45. The molecule has 1 N–H and O–H groups in total. The van der Waals surface area contributed by atoms with Crippen molar-refractivity contribution in [3.63, 3.8) is 0 Å². The summed E-state index contributed by atoms with van der Waals surface area (Å²) in [7, 11) is -2.94. The van der Waals surface area contributed by atoms with Crippen molar-refractivity contribution in [3.8, 4) is 0 Å². The number of rotatable bonds is 8. The summed E-state index contributed by atoms with van der Waals surface area (Å²) in [5.41, 5.74) is 0. The maximum atomic E-state index is 12.7. The van der Waals surface area contributed by atoms with E-state index in [9.17, 15) is 8.42 Å². The fourth-order valence-electron chi connectivity index (χ4n) is 3.15. The van der Waals surface area contributed by atoms with Crippen molar-refractivity contribution >= 4 is 9.84 Å². The first-order chi connectivity index (χ1) is 9.61. The molecule has 0 aliphatic heterocycles. The monoisotopic (exact) mass is 303 g/mol. The first-order valence-corrected chi connectivity index (χ1v) is 10.3. The Morgan fingerprint density at radius 3 is 2.30 bits per heavy atom. The van der Waals surface area contributed by atoms with Gasteiger partial charge in [-0.3, -0.25) is 0 Å². The zero-order chi connectivity index (χ0) is 14.8. The van der Waals surface area contributed by atoms with E-state index < -0.39 is 9.84 Å². The molecule has 0 aromatic heterocycles. The molecule has 1 fully saturated rings. The van der Waals surface area contributed by atoms with Crippen LogP contribution in [0.1, 0.15) is 78.1 Å². The molecule has 0 bridgehead atoms. The SMILES string of the molecule is CCCCCS(=O)(=O)C1CCCCCCC1NCCC. The van der Waals surface area contributed by atoms with Crippen molar-refractivity contribution in [1.82, 2.24) is 5.32 Å². The van der Waals surface area contributed by atoms with Gasteiger partial charge >= 0.3 is 0 Å². The van der Waals surface area contributed by atoms with Gasteiger partial charge in [-0.1, -0.05) is 52.4 Å². The number of hydrogen-bond donors (Lipinski definition) is 1. The van der Waals surface area contributed by atoms with Crippen LogP contribution in [0, 0.1) is 0 Å². The van der Waals surface area contributed by atoms with Crippen LogP contribution < -0.4 is 5.32 Å². The Morgan fingerprint density at radius 2 is 1.65 bits per heavy atom. The summed E-state index contributed by atoms with van der Waals surface area (Å²) in [6.07, 6.45) is 10.6. The summed E-state index contributed by atoms with van der Waals surface area (Å²) in [5, 5.41) is 3.36. The van der Waals surface area contributed by atoms with Crippen LogP contribution in [0.4, 0.5) is 0 Å². The third-order valence-electron chi connectivity index (χ3n) is 4.35. The summed E-state index contributed by atoms with van der Waals surface area (Å²) in [6, 6.07) is 0.182. The Balaban J connectivity index is 2.70. The molecule has 0 aromatic rings. The number of unbranched alkanes of at least 4 members (excludes halogenated alkanes) is 2. The second kappa shape index (κ2) is 9.78. The van der Waals surface area contributed by atoms with Gasteiger partial charge in [0.1, 0.15) is 0 Å². The number of nitrogens with one attached hydrogen (secondary N) is 1. The molecule has 0 saturated heterocycles. The molecule has 1 rings (SSSR count). The maximum absolute atomic E-state index is 12.7. The predicted octanol–water partition coefficient (Wildman–Crippen LogP) is 3.68. The average Bonchev–Trinajstić information content (AvgIpc) is 2.37. The quantitative estimate of drug-likeness (QED) is 0.696. The molecular weight excluding hydrogens is 270 g/mol. The molecule has 2 unspecified atom stereocenters. The smallest absolute Gasteiger partial charge is 0.154 e. The van der Waals surface area contributed by atoms with Gasteiger partial charge in [-0.05, 0) is 32.2 Å². The van der Waals surface area contributed by atoms with Crippen molar-refractivity contribution in [2.24, 2.45) is 0 Å². The van der Waals surface area contributed by atoms with Crippen LogP contribution >= 0.6 is 0 Å². The zero-order valence-corrected chi connectivity index (χ0v) is 14.2. The minimum Gasteiger partial charge on any atom is -0.313 e. The van der Waals surface area contributed by atoms with Crippen molar-refractivity contribution in [2.45, 2.75) is 89.3 Å². The first-order valence-electron chi connectivity index (χ1n) is 8.56. The minimum absolute atomic E-state index is 0.147. The molecule has 1 aliphatic carbocycles. The van der Waals surface area contributed by atoms with Crippen LogP contribution in [0.5, 0.6) is 0 Å². The highest BCUT2D eigenvalue weighted by Crippen LogP contribution is 2.24. The van der Waals surface area contributed by atoms with E-state index in [1.807, 2.05) is 0 Å². The zero-order valence-electron chi connectivity index (χ0n) is 13.4. The fourth-order valence-corrected chi connectivity index (χ4v) is 5.32. The van der Waals surface area contributed by atoms with Crippen molar-refractivity contribution in [3.05, 3.63) is 0 Å². The highest BCUT2D eigenvalue weighted by Gasteiger charge is 2.32. The average molecular weight is 304 g/mol. The summed E-state index contributed by atoms with van der Waals surface area (Å²) in [4.78, 5) is 0. The van der Waals surface area contributed by atoms with Gasteiger partial charge in [0.2, 0.25) is 0 Å². The minimum atomic E-state index is -2.94. The highest BCUT2D eigenvalue weighted by atomic mass is 32.2. The molecule has 0 radical (unpaired) electrons. The largest absolute Gasteiger partial charge is 0.313 e. The lowest BCUT2D eigenvalue weighted by atomic mass is 9.96. The Morgan fingerprint density at radius 1 is 0.950 bits per heavy atom. The van der Waals surface area contributed by atoms with E-state index in [-0.39, 0.29) is 11.3 Å². The Bertz CT molecular complexity index is 338. The van der Waals surface area contributed by atoms with Gasteiger partial charge in [-0.15, -0.1) is 0 Å². The molecule has 3 nitrogen and oxygen atoms in total. The number of hydrogen-bond acceptors (Lipinski definition) is 3.